The minimum atomic E-state index is -0.121. The van der Waals surface area contributed by atoms with Gasteiger partial charge >= 0.3 is 0 Å². The van der Waals surface area contributed by atoms with E-state index in [1.807, 2.05) is 60.0 Å². The molecule has 2 atom stereocenters. The van der Waals surface area contributed by atoms with E-state index in [0.717, 1.165) is 52.9 Å². The molecule has 176 valence electrons. The van der Waals surface area contributed by atoms with Crippen LogP contribution in [0, 0.1) is 6.92 Å². The average Bonchev–Trinajstić information content (AvgIpc) is 3.33. The molecule has 0 radical (unpaired) electrons. The molecular weight excluding hydrogens is 469 g/mol. The van der Waals surface area contributed by atoms with Crippen LogP contribution < -0.4 is 0 Å². The molecule has 0 saturated carbocycles. The van der Waals surface area contributed by atoms with Crippen molar-refractivity contribution in [1.82, 2.24) is 14.7 Å². The minimum Gasteiger partial charge on any atom is -0.461 e. The van der Waals surface area contributed by atoms with Gasteiger partial charge in [-0.15, -0.1) is 0 Å². The summed E-state index contributed by atoms with van der Waals surface area (Å²) in [6.07, 6.45) is 2.34. The van der Waals surface area contributed by atoms with E-state index in [9.17, 15) is 4.79 Å². The number of aryl methyl sites for hydroxylation is 2. The number of nitrogens with zero attached hydrogens (tertiary/aromatic N) is 3. The van der Waals surface area contributed by atoms with Gasteiger partial charge in [0.15, 0.2) is 0 Å². The van der Waals surface area contributed by atoms with Gasteiger partial charge in [0.05, 0.1) is 17.4 Å². The summed E-state index contributed by atoms with van der Waals surface area (Å²) in [4.78, 5) is 15.9. The highest BCUT2D eigenvalue weighted by molar-refractivity contribution is 6.35. The van der Waals surface area contributed by atoms with Gasteiger partial charge in [0.25, 0.3) is 5.91 Å². The van der Waals surface area contributed by atoms with E-state index < -0.39 is 0 Å². The lowest BCUT2D eigenvalue weighted by Gasteiger charge is -2.41. The van der Waals surface area contributed by atoms with E-state index in [4.69, 9.17) is 32.7 Å². The Labute approximate surface area is 209 Å². The van der Waals surface area contributed by atoms with Crippen molar-refractivity contribution in [2.45, 2.75) is 52.1 Å². The normalized spacial score (nSPS) is 17.9. The third kappa shape index (κ3) is 3.81. The number of rotatable bonds is 4. The summed E-state index contributed by atoms with van der Waals surface area (Å²) in [6, 6.07) is 13.2. The topological polar surface area (TPSA) is 51.3 Å². The molecule has 34 heavy (non-hydrogen) atoms. The molecule has 0 saturated heterocycles. The maximum atomic E-state index is 13.9. The fraction of sp³-hybridized carbons (Fsp3) is 0.333. The molecule has 0 fully saturated rings. The number of hydrogen-bond donors (Lipinski definition) is 0. The van der Waals surface area contributed by atoms with E-state index in [1.165, 1.54) is 5.56 Å². The van der Waals surface area contributed by atoms with Crippen LogP contribution in [0.15, 0.2) is 46.9 Å². The lowest BCUT2D eigenvalue weighted by molar-refractivity contribution is 0.0513. The van der Waals surface area contributed by atoms with Gasteiger partial charge in [0.2, 0.25) is 0 Å². The standard InChI is InChI=1S/C27H27Cl2N3O2/c1-5-21-14-22-25(30-31(4)26(22)18-10-19(28)13-20(29)11-18)23(6-2)32(21)27(33)17-8-7-16-9-15(3)34-24(16)12-17/h7-13,21,23H,5-6,14H2,1-4H3. The smallest absolute Gasteiger partial charge is 0.254 e. The van der Waals surface area contributed by atoms with Gasteiger partial charge in [-0.2, -0.15) is 5.10 Å². The molecule has 3 heterocycles. The average molecular weight is 496 g/mol. The van der Waals surface area contributed by atoms with E-state index in [0.29, 0.717) is 15.6 Å². The van der Waals surface area contributed by atoms with Gasteiger partial charge in [-0.1, -0.05) is 43.1 Å². The monoisotopic (exact) mass is 495 g/mol. The van der Waals surface area contributed by atoms with Crippen molar-refractivity contribution in [2.75, 3.05) is 0 Å². The molecular formula is C27H27Cl2N3O2. The van der Waals surface area contributed by atoms with Crippen LogP contribution in [0.1, 0.15) is 60.1 Å². The second-order valence-electron chi connectivity index (χ2n) is 9.01. The van der Waals surface area contributed by atoms with Gasteiger partial charge in [0.1, 0.15) is 11.3 Å². The number of hydrogen-bond acceptors (Lipinski definition) is 3. The fourth-order valence-corrected chi connectivity index (χ4v) is 5.84. The highest BCUT2D eigenvalue weighted by Gasteiger charge is 2.40. The second-order valence-corrected chi connectivity index (χ2v) is 9.88. The highest BCUT2D eigenvalue weighted by Crippen LogP contribution is 2.42. The first-order chi connectivity index (χ1) is 16.3. The lowest BCUT2D eigenvalue weighted by Crippen LogP contribution is -2.47. The third-order valence-corrected chi connectivity index (χ3v) is 7.22. The predicted molar refractivity (Wildman–Crippen MR) is 137 cm³/mol. The Morgan fingerprint density at radius 2 is 1.82 bits per heavy atom. The number of fused-ring (bicyclic) bond motifs is 2. The molecule has 1 amide bonds. The van der Waals surface area contributed by atoms with Crippen molar-refractivity contribution in [3.63, 3.8) is 0 Å². The molecule has 4 aromatic rings. The summed E-state index contributed by atoms with van der Waals surface area (Å²) < 4.78 is 7.68. The molecule has 0 bridgehead atoms. The Morgan fingerprint density at radius 3 is 2.50 bits per heavy atom. The summed E-state index contributed by atoms with van der Waals surface area (Å²) >= 11 is 12.6. The predicted octanol–water partition coefficient (Wildman–Crippen LogP) is 7.38. The molecule has 0 aliphatic carbocycles. The van der Waals surface area contributed by atoms with E-state index in [1.54, 1.807) is 6.07 Å². The molecule has 0 spiro atoms. The number of benzene rings is 2. The summed E-state index contributed by atoms with van der Waals surface area (Å²) in [5.41, 5.74) is 5.44. The largest absolute Gasteiger partial charge is 0.461 e. The number of carbonyl (C=O) groups is 1. The summed E-state index contributed by atoms with van der Waals surface area (Å²) in [5.74, 6) is 0.848. The Morgan fingerprint density at radius 1 is 1.09 bits per heavy atom. The van der Waals surface area contributed by atoms with Gasteiger partial charge in [-0.25, -0.2) is 0 Å². The zero-order valence-electron chi connectivity index (χ0n) is 19.7. The molecule has 1 aliphatic rings. The highest BCUT2D eigenvalue weighted by atomic mass is 35.5. The molecule has 2 aromatic carbocycles. The first-order valence-corrected chi connectivity index (χ1v) is 12.4. The van der Waals surface area contributed by atoms with Gasteiger partial charge in [0, 0.05) is 45.2 Å². The Hall–Kier alpha value is -2.76. The zero-order chi connectivity index (χ0) is 24.1. The van der Waals surface area contributed by atoms with Crippen molar-refractivity contribution < 1.29 is 9.21 Å². The second kappa shape index (κ2) is 8.79. The first-order valence-electron chi connectivity index (χ1n) is 11.7. The zero-order valence-corrected chi connectivity index (χ0v) is 21.2. The van der Waals surface area contributed by atoms with Crippen LogP contribution in [0.4, 0.5) is 0 Å². The van der Waals surface area contributed by atoms with Gasteiger partial charge in [-0.3, -0.25) is 9.48 Å². The number of carbonyl (C=O) groups excluding carboxylic acids is 1. The Bertz CT molecular complexity index is 1380. The van der Waals surface area contributed by atoms with E-state index >= 15 is 0 Å². The Balaban J connectivity index is 1.60. The van der Waals surface area contributed by atoms with Crippen LogP contribution in [0.2, 0.25) is 10.0 Å². The molecule has 7 heteroatoms. The van der Waals surface area contributed by atoms with Crippen LogP contribution >= 0.6 is 23.2 Å². The fourth-order valence-electron chi connectivity index (χ4n) is 5.31. The van der Waals surface area contributed by atoms with Gasteiger partial charge in [-0.05, 0) is 62.6 Å². The quantitative estimate of drug-likeness (QED) is 0.296. The molecule has 2 unspecified atom stereocenters. The number of halogens is 2. The summed E-state index contributed by atoms with van der Waals surface area (Å²) in [7, 11) is 1.94. The molecule has 5 nitrogen and oxygen atoms in total. The lowest BCUT2D eigenvalue weighted by atomic mass is 9.87. The third-order valence-electron chi connectivity index (χ3n) is 6.78. The van der Waals surface area contributed by atoms with Crippen molar-refractivity contribution in [2.24, 2.45) is 7.05 Å². The van der Waals surface area contributed by atoms with Gasteiger partial charge < -0.3 is 9.32 Å². The maximum Gasteiger partial charge on any atom is 0.254 e. The molecule has 0 N–H and O–H groups in total. The molecule has 2 aromatic heterocycles. The number of furan rings is 1. The first kappa shape index (κ1) is 23.0. The summed E-state index contributed by atoms with van der Waals surface area (Å²) in [5, 5.41) is 7.09. The minimum absolute atomic E-state index is 0.0123. The van der Waals surface area contributed by atoms with E-state index in [-0.39, 0.29) is 18.0 Å². The van der Waals surface area contributed by atoms with Crippen LogP contribution in [-0.4, -0.2) is 26.6 Å². The van der Waals surface area contributed by atoms with Crippen LogP contribution in [0.3, 0.4) is 0 Å². The number of amides is 1. The van der Waals surface area contributed by atoms with Crippen molar-refractivity contribution in [1.29, 1.82) is 0 Å². The van der Waals surface area contributed by atoms with Crippen LogP contribution in [0.5, 0.6) is 0 Å². The number of aromatic nitrogens is 2. The van der Waals surface area contributed by atoms with Crippen LogP contribution in [-0.2, 0) is 13.5 Å². The van der Waals surface area contributed by atoms with E-state index in [2.05, 4.69) is 13.8 Å². The van der Waals surface area contributed by atoms with Crippen molar-refractivity contribution in [3.05, 3.63) is 75.1 Å². The molecule has 1 aliphatic heterocycles. The van der Waals surface area contributed by atoms with Crippen molar-refractivity contribution in [3.8, 4) is 11.3 Å². The Kier molecular flexibility index (Phi) is 5.95. The molecule has 5 rings (SSSR count). The SMILES string of the molecule is CCC1Cc2c(nn(C)c2-c2cc(Cl)cc(Cl)c2)C(CC)N1C(=O)c1ccc2cc(C)oc2c1. The van der Waals surface area contributed by atoms with Crippen LogP contribution in [0.25, 0.3) is 22.2 Å². The van der Waals surface area contributed by atoms with Crippen molar-refractivity contribution >= 4 is 40.1 Å². The maximum absolute atomic E-state index is 13.9. The summed E-state index contributed by atoms with van der Waals surface area (Å²) in [6.45, 7) is 6.16.